The van der Waals surface area contributed by atoms with E-state index in [1.807, 2.05) is 6.20 Å². The molecule has 0 radical (unpaired) electrons. The fourth-order valence-corrected chi connectivity index (χ4v) is 2.28. The minimum atomic E-state index is 0.408. The molecule has 0 amide bonds. The van der Waals surface area contributed by atoms with Crippen molar-refractivity contribution >= 4 is 10.9 Å². The van der Waals surface area contributed by atoms with Crippen molar-refractivity contribution < 1.29 is 4.74 Å². The number of hydrogen-bond acceptors (Lipinski definition) is 3. The Morgan fingerprint density at radius 3 is 3.35 bits per heavy atom. The van der Waals surface area contributed by atoms with Gasteiger partial charge in [0.25, 0.3) is 0 Å². The van der Waals surface area contributed by atoms with E-state index in [2.05, 4.69) is 33.7 Å². The first-order valence-electron chi connectivity index (χ1n) is 6.16. The third-order valence-electron chi connectivity index (χ3n) is 3.23. The van der Waals surface area contributed by atoms with Gasteiger partial charge in [0.1, 0.15) is 0 Å². The SMILES string of the molecule is c1cc2cn[nH]c2cc1CNCC1CCCO1. The van der Waals surface area contributed by atoms with E-state index in [0.717, 1.165) is 30.6 Å². The molecule has 1 unspecified atom stereocenters. The van der Waals surface area contributed by atoms with Crippen molar-refractivity contribution in [1.82, 2.24) is 15.5 Å². The van der Waals surface area contributed by atoms with Gasteiger partial charge in [0.2, 0.25) is 0 Å². The van der Waals surface area contributed by atoms with Crippen molar-refractivity contribution in [3.05, 3.63) is 30.0 Å². The van der Waals surface area contributed by atoms with Crippen LogP contribution in [0.1, 0.15) is 18.4 Å². The van der Waals surface area contributed by atoms with Crippen LogP contribution in [0.2, 0.25) is 0 Å². The average Bonchev–Trinajstić information content (AvgIpc) is 2.98. The average molecular weight is 231 g/mol. The van der Waals surface area contributed by atoms with E-state index in [1.54, 1.807) is 0 Å². The number of fused-ring (bicyclic) bond motifs is 1. The molecular weight excluding hydrogens is 214 g/mol. The first kappa shape index (κ1) is 10.7. The Balaban J connectivity index is 1.56. The molecule has 1 fully saturated rings. The highest BCUT2D eigenvalue weighted by molar-refractivity contribution is 5.78. The van der Waals surface area contributed by atoms with Gasteiger partial charge in [-0.1, -0.05) is 12.1 Å². The highest BCUT2D eigenvalue weighted by atomic mass is 16.5. The number of ether oxygens (including phenoxy) is 1. The molecule has 1 saturated heterocycles. The Labute approximate surface area is 100 Å². The van der Waals surface area contributed by atoms with Crippen LogP contribution in [0.15, 0.2) is 24.4 Å². The summed E-state index contributed by atoms with van der Waals surface area (Å²) < 4.78 is 5.57. The van der Waals surface area contributed by atoms with Gasteiger partial charge in [-0.3, -0.25) is 5.10 Å². The van der Waals surface area contributed by atoms with E-state index in [-0.39, 0.29) is 0 Å². The van der Waals surface area contributed by atoms with Crippen LogP contribution in [0.5, 0.6) is 0 Å². The molecule has 3 rings (SSSR count). The summed E-state index contributed by atoms with van der Waals surface area (Å²) >= 11 is 0. The lowest BCUT2D eigenvalue weighted by Crippen LogP contribution is -2.25. The lowest BCUT2D eigenvalue weighted by molar-refractivity contribution is 0.110. The van der Waals surface area contributed by atoms with E-state index in [1.165, 1.54) is 18.4 Å². The van der Waals surface area contributed by atoms with Crippen molar-refractivity contribution in [1.29, 1.82) is 0 Å². The molecule has 0 spiro atoms. The molecule has 0 bridgehead atoms. The number of aromatic amines is 1. The zero-order chi connectivity index (χ0) is 11.5. The zero-order valence-electron chi connectivity index (χ0n) is 9.78. The molecule has 17 heavy (non-hydrogen) atoms. The van der Waals surface area contributed by atoms with E-state index in [4.69, 9.17) is 4.74 Å². The van der Waals surface area contributed by atoms with Crippen molar-refractivity contribution in [3.63, 3.8) is 0 Å². The Morgan fingerprint density at radius 2 is 2.47 bits per heavy atom. The quantitative estimate of drug-likeness (QED) is 0.844. The van der Waals surface area contributed by atoms with Gasteiger partial charge in [-0.15, -0.1) is 0 Å². The summed E-state index contributed by atoms with van der Waals surface area (Å²) in [5.74, 6) is 0. The molecule has 0 saturated carbocycles. The first-order chi connectivity index (χ1) is 8.42. The van der Waals surface area contributed by atoms with Crippen LogP contribution in [0.4, 0.5) is 0 Å². The third-order valence-corrected chi connectivity index (χ3v) is 3.23. The van der Waals surface area contributed by atoms with Crippen LogP contribution in [0, 0.1) is 0 Å². The second-order valence-electron chi connectivity index (χ2n) is 4.56. The Kier molecular flexibility index (Phi) is 3.07. The van der Waals surface area contributed by atoms with E-state index >= 15 is 0 Å². The van der Waals surface area contributed by atoms with Crippen LogP contribution < -0.4 is 5.32 Å². The van der Waals surface area contributed by atoms with Gasteiger partial charge in [-0.2, -0.15) is 5.10 Å². The molecule has 1 aromatic carbocycles. The van der Waals surface area contributed by atoms with Crippen molar-refractivity contribution in [2.24, 2.45) is 0 Å². The second kappa shape index (κ2) is 4.85. The maximum Gasteiger partial charge on any atom is 0.0700 e. The van der Waals surface area contributed by atoms with Crippen molar-refractivity contribution in [3.8, 4) is 0 Å². The Morgan fingerprint density at radius 1 is 1.47 bits per heavy atom. The Bertz CT molecular complexity index is 488. The molecule has 2 heterocycles. The van der Waals surface area contributed by atoms with Gasteiger partial charge in [0.05, 0.1) is 17.8 Å². The van der Waals surface area contributed by atoms with Gasteiger partial charge in [0.15, 0.2) is 0 Å². The molecule has 1 aliphatic heterocycles. The highest BCUT2D eigenvalue weighted by Crippen LogP contribution is 2.13. The van der Waals surface area contributed by atoms with E-state index in [0.29, 0.717) is 6.10 Å². The second-order valence-corrected chi connectivity index (χ2v) is 4.56. The topological polar surface area (TPSA) is 49.9 Å². The summed E-state index contributed by atoms with van der Waals surface area (Å²) in [6.45, 7) is 2.75. The van der Waals surface area contributed by atoms with Crippen molar-refractivity contribution in [2.75, 3.05) is 13.2 Å². The summed E-state index contributed by atoms with van der Waals surface area (Å²) in [6, 6.07) is 6.38. The lowest BCUT2D eigenvalue weighted by Gasteiger charge is -2.10. The summed E-state index contributed by atoms with van der Waals surface area (Å²) in [5.41, 5.74) is 2.38. The van der Waals surface area contributed by atoms with Crippen LogP contribution in [0.25, 0.3) is 10.9 Å². The number of aromatic nitrogens is 2. The number of rotatable bonds is 4. The molecule has 4 nitrogen and oxygen atoms in total. The zero-order valence-corrected chi connectivity index (χ0v) is 9.78. The fraction of sp³-hybridized carbons (Fsp3) is 0.462. The molecule has 1 aliphatic rings. The molecule has 1 atom stereocenters. The highest BCUT2D eigenvalue weighted by Gasteiger charge is 2.14. The fourth-order valence-electron chi connectivity index (χ4n) is 2.28. The maximum atomic E-state index is 5.57. The van der Waals surface area contributed by atoms with E-state index in [9.17, 15) is 0 Å². The standard InChI is InChI=1S/C13H17N3O/c1-2-12(17-5-1)9-14-7-10-3-4-11-8-15-16-13(11)6-10/h3-4,6,8,12,14H,1-2,5,7,9H2,(H,15,16). The van der Waals surface area contributed by atoms with Crippen LogP contribution >= 0.6 is 0 Å². The van der Waals surface area contributed by atoms with Gasteiger partial charge in [-0.25, -0.2) is 0 Å². The Hall–Kier alpha value is -1.39. The molecular formula is C13H17N3O. The first-order valence-corrected chi connectivity index (χ1v) is 6.16. The van der Waals surface area contributed by atoms with Crippen molar-refractivity contribution in [2.45, 2.75) is 25.5 Å². The predicted octanol–water partition coefficient (Wildman–Crippen LogP) is 1.83. The normalized spacial score (nSPS) is 20.1. The number of H-pyrrole nitrogens is 1. The molecule has 2 aromatic rings. The van der Waals surface area contributed by atoms with Gasteiger partial charge in [0, 0.05) is 25.1 Å². The van der Waals surface area contributed by atoms with Crippen LogP contribution in [-0.4, -0.2) is 29.5 Å². The lowest BCUT2D eigenvalue weighted by atomic mass is 10.1. The smallest absolute Gasteiger partial charge is 0.0700 e. The summed E-state index contributed by atoms with van der Waals surface area (Å²) in [7, 11) is 0. The molecule has 4 heteroatoms. The number of nitrogens with one attached hydrogen (secondary N) is 2. The summed E-state index contributed by atoms with van der Waals surface area (Å²) in [4.78, 5) is 0. The number of benzene rings is 1. The third kappa shape index (κ3) is 2.48. The maximum absolute atomic E-state index is 5.57. The van der Waals surface area contributed by atoms with Crippen LogP contribution in [-0.2, 0) is 11.3 Å². The van der Waals surface area contributed by atoms with Gasteiger partial charge >= 0.3 is 0 Å². The molecule has 2 N–H and O–H groups in total. The number of nitrogens with zero attached hydrogens (tertiary/aromatic N) is 1. The number of hydrogen-bond donors (Lipinski definition) is 2. The molecule has 0 aliphatic carbocycles. The largest absolute Gasteiger partial charge is 0.377 e. The molecule has 1 aromatic heterocycles. The minimum absolute atomic E-state index is 0.408. The molecule has 90 valence electrons. The predicted molar refractivity (Wildman–Crippen MR) is 66.8 cm³/mol. The van der Waals surface area contributed by atoms with Gasteiger partial charge < -0.3 is 10.1 Å². The van der Waals surface area contributed by atoms with E-state index < -0.39 is 0 Å². The minimum Gasteiger partial charge on any atom is -0.377 e. The summed E-state index contributed by atoms with van der Waals surface area (Å²) in [5, 5.41) is 11.6. The summed E-state index contributed by atoms with van der Waals surface area (Å²) in [6.07, 6.45) is 4.64. The van der Waals surface area contributed by atoms with Crippen LogP contribution in [0.3, 0.4) is 0 Å². The monoisotopic (exact) mass is 231 g/mol. The van der Waals surface area contributed by atoms with Gasteiger partial charge in [-0.05, 0) is 24.5 Å².